The van der Waals surface area contributed by atoms with Crippen molar-refractivity contribution in [3.05, 3.63) is 41.3 Å². The number of esters is 1. The summed E-state index contributed by atoms with van der Waals surface area (Å²) >= 11 is 1.06. The highest BCUT2D eigenvalue weighted by molar-refractivity contribution is 7.94. The highest BCUT2D eigenvalue weighted by atomic mass is 32.2. The number of aromatic hydroxyl groups is 1. The first-order chi connectivity index (χ1) is 14.3. The van der Waals surface area contributed by atoms with Crippen molar-refractivity contribution in [1.29, 1.82) is 0 Å². The lowest BCUT2D eigenvalue weighted by Gasteiger charge is -2.21. The Balaban J connectivity index is 1.51. The van der Waals surface area contributed by atoms with Crippen LogP contribution in [0.5, 0.6) is 5.75 Å². The molecule has 1 aromatic heterocycles. The normalized spacial score (nSPS) is 14.8. The van der Waals surface area contributed by atoms with Gasteiger partial charge in [0.15, 0.2) is 6.61 Å². The number of sulfonamides is 1. The highest BCUT2D eigenvalue weighted by Gasteiger charge is 2.19. The molecule has 162 valence electrons. The van der Waals surface area contributed by atoms with Gasteiger partial charge >= 0.3 is 5.97 Å². The second-order valence-electron chi connectivity index (χ2n) is 7.15. The number of carbonyl (C=O) groups excluding carboxylic acids is 2. The molecule has 0 saturated heterocycles. The number of rotatable bonds is 8. The number of hydrogen-bond acceptors (Lipinski definition) is 7. The average Bonchev–Trinajstić information content (AvgIpc) is 3.27. The number of phenols is 1. The molecule has 1 aliphatic rings. The molecule has 1 fully saturated rings. The third-order valence-electron chi connectivity index (χ3n) is 4.88. The fraction of sp³-hybridized carbons (Fsp3) is 0.400. The maximum absolute atomic E-state index is 12.2. The first-order valence-electron chi connectivity index (χ1n) is 9.68. The molecule has 3 N–H and O–H groups in total. The van der Waals surface area contributed by atoms with Crippen molar-refractivity contribution in [3.8, 4) is 5.75 Å². The second kappa shape index (κ2) is 9.94. The molecule has 0 radical (unpaired) electrons. The summed E-state index contributed by atoms with van der Waals surface area (Å²) in [5.41, 5.74) is -0.0585. The van der Waals surface area contributed by atoms with Gasteiger partial charge < -0.3 is 15.2 Å². The molecule has 1 amide bonds. The molecule has 8 nitrogen and oxygen atoms in total. The first kappa shape index (κ1) is 22.1. The van der Waals surface area contributed by atoms with Gasteiger partial charge in [0.25, 0.3) is 15.9 Å². The number of carbonyl (C=O) groups is 2. The average molecular weight is 453 g/mol. The SMILES string of the molecule is O=C(COC(=O)c1ccc(NS(=O)(=O)c2cccs2)cc1O)NCC1CCCCC1. The fourth-order valence-corrected chi connectivity index (χ4v) is 5.34. The quantitative estimate of drug-likeness (QED) is 0.529. The molecule has 1 saturated carbocycles. The predicted molar refractivity (Wildman–Crippen MR) is 113 cm³/mol. The Labute approximate surface area is 179 Å². The molecule has 0 unspecified atom stereocenters. The lowest BCUT2D eigenvalue weighted by molar-refractivity contribution is -0.124. The Morgan fingerprint density at radius 1 is 1.17 bits per heavy atom. The van der Waals surface area contributed by atoms with Crippen LogP contribution in [0.15, 0.2) is 39.9 Å². The van der Waals surface area contributed by atoms with Gasteiger partial charge in [-0.2, -0.15) is 0 Å². The molecule has 1 aliphatic carbocycles. The van der Waals surface area contributed by atoms with Gasteiger partial charge in [0.2, 0.25) is 0 Å². The van der Waals surface area contributed by atoms with Crippen molar-refractivity contribution in [2.75, 3.05) is 17.9 Å². The molecule has 0 spiro atoms. The van der Waals surface area contributed by atoms with E-state index in [0.717, 1.165) is 30.2 Å². The maximum Gasteiger partial charge on any atom is 0.342 e. The minimum atomic E-state index is -3.77. The van der Waals surface area contributed by atoms with Gasteiger partial charge in [-0.1, -0.05) is 25.3 Å². The van der Waals surface area contributed by atoms with Crippen LogP contribution < -0.4 is 10.0 Å². The van der Waals surface area contributed by atoms with E-state index in [2.05, 4.69) is 10.0 Å². The third kappa shape index (κ3) is 5.96. The summed E-state index contributed by atoms with van der Waals surface area (Å²) in [6.45, 7) is 0.123. The van der Waals surface area contributed by atoms with Gasteiger partial charge in [0.1, 0.15) is 15.5 Å². The van der Waals surface area contributed by atoms with Crippen LogP contribution in [0.3, 0.4) is 0 Å². The van der Waals surface area contributed by atoms with E-state index >= 15 is 0 Å². The Morgan fingerprint density at radius 3 is 2.60 bits per heavy atom. The van der Waals surface area contributed by atoms with Crippen molar-refractivity contribution in [1.82, 2.24) is 5.32 Å². The van der Waals surface area contributed by atoms with Crippen LogP contribution >= 0.6 is 11.3 Å². The van der Waals surface area contributed by atoms with Crippen LogP contribution in [0.1, 0.15) is 42.5 Å². The van der Waals surface area contributed by atoms with Crippen molar-refractivity contribution in [3.63, 3.8) is 0 Å². The van der Waals surface area contributed by atoms with Crippen LogP contribution in [0.2, 0.25) is 0 Å². The van der Waals surface area contributed by atoms with Crippen molar-refractivity contribution in [2.24, 2.45) is 5.92 Å². The fourth-order valence-electron chi connectivity index (χ4n) is 3.30. The zero-order chi connectivity index (χ0) is 21.6. The Hall–Kier alpha value is -2.59. The summed E-state index contributed by atoms with van der Waals surface area (Å²) < 4.78 is 31.9. The number of phenolic OH excluding ortho intramolecular Hbond substituents is 1. The standard InChI is InChI=1S/C20H24N2O6S2/c23-17-11-15(22-30(26,27)19-7-4-10-29-19)8-9-16(17)20(25)28-13-18(24)21-12-14-5-2-1-3-6-14/h4,7-11,14,22-23H,1-3,5-6,12-13H2,(H,21,24). The molecule has 0 aliphatic heterocycles. The zero-order valence-corrected chi connectivity index (χ0v) is 17.9. The highest BCUT2D eigenvalue weighted by Crippen LogP contribution is 2.26. The van der Waals surface area contributed by atoms with Gasteiger partial charge in [-0.3, -0.25) is 9.52 Å². The largest absolute Gasteiger partial charge is 0.507 e. The number of nitrogens with one attached hydrogen (secondary N) is 2. The molecule has 2 aromatic rings. The molecule has 0 bridgehead atoms. The molecule has 1 heterocycles. The number of amides is 1. The third-order valence-corrected chi connectivity index (χ3v) is 7.66. The first-order valence-corrected chi connectivity index (χ1v) is 12.0. The topological polar surface area (TPSA) is 122 Å². The smallest absolute Gasteiger partial charge is 0.342 e. The minimum Gasteiger partial charge on any atom is -0.507 e. The van der Waals surface area contributed by atoms with E-state index in [0.29, 0.717) is 12.5 Å². The van der Waals surface area contributed by atoms with Crippen molar-refractivity contribution in [2.45, 2.75) is 36.3 Å². The van der Waals surface area contributed by atoms with E-state index in [1.807, 2.05) is 0 Å². The summed E-state index contributed by atoms with van der Waals surface area (Å²) in [6, 6.07) is 6.76. The van der Waals surface area contributed by atoms with Crippen LogP contribution in [0.25, 0.3) is 0 Å². The van der Waals surface area contributed by atoms with E-state index in [4.69, 9.17) is 4.74 Å². The monoisotopic (exact) mass is 452 g/mol. The summed E-state index contributed by atoms with van der Waals surface area (Å²) in [4.78, 5) is 24.1. The Morgan fingerprint density at radius 2 is 1.93 bits per heavy atom. The molecule has 10 heteroatoms. The van der Waals surface area contributed by atoms with Crippen molar-refractivity contribution >= 4 is 38.9 Å². The predicted octanol–water partition coefficient (Wildman–Crippen LogP) is 3.11. The lowest BCUT2D eigenvalue weighted by atomic mass is 9.89. The van der Waals surface area contributed by atoms with Crippen LogP contribution in [-0.4, -0.2) is 38.6 Å². The summed E-state index contributed by atoms with van der Waals surface area (Å²) in [5, 5.41) is 14.5. The Bertz CT molecular complexity index is 983. The molecule has 1 aromatic carbocycles. The second-order valence-corrected chi connectivity index (χ2v) is 10.0. The van der Waals surface area contributed by atoms with E-state index in [1.165, 1.54) is 37.5 Å². The van der Waals surface area contributed by atoms with Crippen LogP contribution in [0, 0.1) is 5.92 Å². The number of hydrogen-bond donors (Lipinski definition) is 3. The summed E-state index contributed by atoms with van der Waals surface area (Å²) in [7, 11) is -3.77. The van der Waals surface area contributed by atoms with E-state index < -0.39 is 34.3 Å². The van der Waals surface area contributed by atoms with Crippen LogP contribution in [-0.2, 0) is 19.6 Å². The number of benzene rings is 1. The maximum atomic E-state index is 12.2. The Kier molecular flexibility index (Phi) is 7.33. The van der Waals surface area contributed by atoms with Crippen LogP contribution in [0.4, 0.5) is 5.69 Å². The van der Waals surface area contributed by atoms with Gasteiger partial charge in [-0.15, -0.1) is 11.3 Å². The summed E-state index contributed by atoms with van der Waals surface area (Å²) in [6.07, 6.45) is 5.77. The molecular formula is C20H24N2O6S2. The van der Waals surface area contributed by atoms with Gasteiger partial charge in [-0.25, -0.2) is 13.2 Å². The molecular weight excluding hydrogens is 428 g/mol. The van der Waals surface area contributed by atoms with E-state index in [9.17, 15) is 23.1 Å². The lowest BCUT2D eigenvalue weighted by Crippen LogP contribution is -2.33. The van der Waals surface area contributed by atoms with E-state index in [1.54, 1.807) is 11.4 Å². The van der Waals surface area contributed by atoms with Gasteiger partial charge in [-0.05, 0) is 42.3 Å². The molecule has 30 heavy (non-hydrogen) atoms. The van der Waals surface area contributed by atoms with E-state index in [-0.39, 0.29) is 15.5 Å². The minimum absolute atomic E-state index is 0.0997. The van der Waals surface area contributed by atoms with Gasteiger partial charge in [0, 0.05) is 12.6 Å². The number of anilines is 1. The molecule has 0 atom stereocenters. The molecule has 3 rings (SSSR count). The van der Waals surface area contributed by atoms with Gasteiger partial charge in [0.05, 0.1) is 5.69 Å². The van der Waals surface area contributed by atoms with Crippen molar-refractivity contribution < 1.29 is 27.9 Å². The number of thiophene rings is 1. The zero-order valence-electron chi connectivity index (χ0n) is 16.3. The summed E-state index contributed by atoms with van der Waals surface area (Å²) in [5.74, 6) is -1.25. The number of ether oxygens (including phenoxy) is 1.